The first-order chi connectivity index (χ1) is 13.0. The van der Waals surface area contributed by atoms with Crippen molar-refractivity contribution in [2.75, 3.05) is 12.3 Å². The average molecular weight is 371 g/mol. The number of amidine groups is 2. The molecule has 0 fully saturated rings. The third-order valence-corrected chi connectivity index (χ3v) is 4.66. The molecule has 8 heteroatoms. The highest BCUT2D eigenvalue weighted by molar-refractivity contribution is 6.10. The van der Waals surface area contributed by atoms with Crippen molar-refractivity contribution in [2.24, 2.45) is 16.0 Å². The summed E-state index contributed by atoms with van der Waals surface area (Å²) in [6, 6.07) is 7.66. The Balaban J connectivity index is 1.83. The van der Waals surface area contributed by atoms with Crippen molar-refractivity contribution in [2.45, 2.75) is 45.9 Å². The smallest absolute Gasteiger partial charge is 0.192 e. The third-order valence-electron chi connectivity index (χ3n) is 4.66. The van der Waals surface area contributed by atoms with Crippen LogP contribution in [0.25, 0.3) is 0 Å². The highest BCUT2D eigenvalue weighted by atomic mass is 16.3. The van der Waals surface area contributed by atoms with E-state index < -0.39 is 0 Å². The van der Waals surface area contributed by atoms with E-state index in [4.69, 9.17) is 5.73 Å². The fourth-order valence-electron chi connectivity index (χ4n) is 2.97. The molecule has 3 rings (SSSR count). The molecule has 0 radical (unpaired) electrons. The predicted octanol–water partition coefficient (Wildman–Crippen LogP) is 1.13. The van der Waals surface area contributed by atoms with Crippen LogP contribution in [-0.4, -0.2) is 40.6 Å². The van der Waals surface area contributed by atoms with Gasteiger partial charge in [-0.1, -0.05) is 32.9 Å². The molecule has 27 heavy (non-hydrogen) atoms. The van der Waals surface area contributed by atoms with E-state index in [-0.39, 0.29) is 18.8 Å². The van der Waals surface area contributed by atoms with E-state index in [1.807, 2.05) is 42.3 Å². The monoisotopic (exact) mass is 371 g/mol. The topological polar surface area (TPSA) is 110 Å². The van der Waals surface area contributed by atoms with Crippen molar-refractivity contribution in [3.8, 4) is 0 Å². The predicted molar refractivity (Wildman–Crippen MR) is 109 cm³/mol. The lowest BCUT2D eigenvalue weighted by atomic mass is 10.1. The van der Waals surface area contributed by atoms with Gasteiger partial charge < -0.3 is 16.2 Å². The van der Waals surface area contributed by atoms with Crippen molar-refractivity contribution in [3.05, 3.63) is 41.6 Å². The van der Waals surface area contributed by atoms with Gasteiger partial charge in [0.2, 0.25) is 0 Å². The third kappa shape index (κ3) is 4.33. The summed E-state index contributed by atoms with van der Waals surface area (Å²) >= 11 is 0. The molecule has 0 saturated carbocycles. The summed E-state index contributed by atoms with van der Waals surface area (Å²) in [5.74, 6) is 1.86. The number of hydrogen-bond acceptors (Lipinski definition) is 7. The molecule has 1 aromatic rings. The van der Waals surface area contributed by atoms with Crippen molar-refractivity contribution >= 4 is 17.4 Å². The number of hydrazone groups is 1. The average Bonchev–Trinajstić information content (AvgIpc) is 3.09. The lowest BCUT2D eigenvalue weighted by Gasteiger charge is -2.34. The molecule has 0 bridgehead atoms. The van der Waals surface area contributed by atoms with Crippen molar-refractivity contribution in [1.82, 2.24) is 21.2 Å². The van der Waals surface area contributed by atoms with Crippen LogP contribution in [0.4, 0.5) is 5.69 Å². The molecule has 0 aromatic heterocycles. The van der Waals surface area contributed by atoms with Crippen LogP contribution in [-0.2, 0) is 6.54 Å². The summed E-state index contributed by atoms with van der Waals surface area (Å²) in [5, 5.41) is 19.4. The normalized spacial score (nSPS) is 21.3. The van der Waals surface area contributed by atoms with Crippen molar-refractivity contribution in [3.63, 3.8) is 0 Å². The number of anilines is 1. The number of rotatable bonds is 7. The number of hydrogen-bond donors (Lipinski definition) is 5. The molecule has 0 amide bonds. The minimum absolute atomic E-state index is 0.0243. The maximum Gasteiger partial charge on any atom is 0.192 e. The summed E-state index contributed by atoms with van der Waals surface area (Å²) in [6.07, 6.45) is 2.74. The summed E-state index contributed by atoms with van der Waals surface area (Å²) in [4.78, 5) is 4.64. The highest BCUT2D eigenvalue weighted by Crippen LogP contribution is 2.19. The fraction of sp³-hybridized carbons (Fsp3) is 0.474. The molecule has 146 valence electrons. The summed E-state index contributed by atoms with van der Waals surface area (Å²) in [7, 11) is 0. The van der Waals surface area contributed by atoms with Gasteiger partial charge in [-0.2, -0.15) is 5.10 Å². The van der Waals surface area contributed by atoms with Gasteiger partial charge in [-0.05, 0) is 30.0 Å². The summed E-state index contributed by atoms with van der Waals surface area (Å²) < 4.78 is 0. The Bertz CT molecular complexity index is 735. The van der Waals surface area contributed by atoms with Crippen molar-refractivity contribution < 1.29 is 5.11 Å². The van der Waals surface area contributed by atoms with E-state index in [0.717, 1.165) is 29.2 Å². The Morgan fingerprint density at radius 2 is 2.07 bits per heavy atom. The molecular weight excluding hydrogens is 342 g/mol. The number of nitrogens with two attached hydrogens (primary N) is 1. The van der Waals surface area contributed by atoms with E-state index in [0.29, 0.717) is 18.3 Å². The number of aliphatic imine (C=N–C) groups is 1. The molecule has 2 aliphatic rings. The van der Waals surface area contributed by atoms with E-state index >= 15 is 0 Å². The maximum atomic E-state index is 9.49. The number of nitrogens with one attached hydrogen (secondary N) is 3. The number of nitrogens with zero attached hydrogens (tertiary/aromatic N) is 3. The van der Waals surface area contributed by atoms with Crippen LogP contribution in [0.15, 0.2) is 46.1 Å². The van der Waals surface area contributed by atoms with Gasteiger partial charge in [0.05, 0.1) is 18.3 Å². The molecule has 2 aliphatic heterocycles. The minimum atomic E-state index is -0.131. The van der Waals surface area contributed by atoms with E-state index in [2.05, 4.69) is 40.1 Å². The molecule has 2 atom stereocenters. The first-order valence-corrected chi connectivity index (χ1v) is 9.40. The zero-order chi connectivity index (χ0) is 19.4. The second kappa shape index (κ2) is 8.30. The SMILES string of the molecule is CCC(CO)N=C1C=C(NCc2ccc(N)cc2)C2=NNC(C(C)C)N2N1. The fourth-order valence-corrected chi connectivity index (χ4v) is 2.97. The van der Waals surface area contributed by atoms with Gasteiger partial charge in [0, 0.05) is 18.3 Å². The van der Waals surface area contributed by atoms with Gasteiger partial charge in [0.1, 0.15) is 12.0 Å². The molecule has 6 N–H and O–H groups in total. The van der Waals surface area contributed by atoms with Crippen LogP contribution in [0.3, 0.4) is 0 Å². The number of nitrogen functional groups attached to an aromatic ring is 1. The van der Waals surface area contributed by atoms with Crippen LogP contribution in [0.1, 0.15) is 32.8 Å². The van der Waals surface area contributed by atoms with E-state index in [1.165, 1.54) is 0 Å². The van der Waals surface area contributed by atoms with Crippen LogP contribution < -0.4 is 21.9 Å². The lowest BCUT2D eigenvalue weighted by Crippen LogP contribution is -2.57. The summed E-state index contributed by atoms with van der Waals surface area (Å²) in [5.41, 5.74) is 15.0. The van der Waals surface area contributed by atoms with Crippen LogP contribution >= 0.6 is 0 Å². The zero-order valence-corrected chi connectivity index (χ0v) is 16.1. The Morgan fingerprint density at radius 1 is 1.33 bits per heavy atom. The number of benzene rings is 1. The zero-order valence-electron chi connectivity index (χ0n) is 16.1. The minimum Gasteiger partial charge on any atom is -0.399 e. The van der Waals surface area contributed by atoms with E-state index in [9.17, 15) is 5.11 Å². The highest BCUT2D eigenvalue weighted by Gasteiger charge is 2.35. The molecule has 2 heterocycles. The molecule has 8 nitrogen and oxygen atoms in total. The first-order valence-electron chi connectivity index (χ1n) is 9.40. The second-order valence-electron chi connectivity index (χ2n) is 7.15. The quantitative estimate of drug-likeness (QED) is 0.460. The van der Waals surface area contributed by atoms with Gasteiger partial charge in [0.25, 0.3) is 0 Å². The van der Waals surface area contributed by atoms with E-state index in [1.54, 1.807) is 0 Å². The van der Waals surface area contributed by atoms with Gasteiger partial charge in [0.15, 0.2) is 5.84 Å². The van der Waals surface area contributed by atoms with Gasteiger partial charge in [-0.25, -0.2) is 5.01 Å². The first kappa shape index (κ1) is 19.0. The standard InChI is InChI=1S/C19H29N7O/c1-4-15(11-27)22-17-9-16(21-10-13-5-7-14(20)8-6-13)19-24-23-18(12(2)3)26(19)25-17/h5-9,12,15,18,21,23,27H,4,10-11,20H2,1-3H3,(H,22,25). The number of aliphatic hydroxyl groups is 1. The Morgan fingerprint density at radius 3 is 2.70 bits per heavy atom. The second-order valence-corrected chi connectivity index (χ2v) is 7.15. The summed E-state index contributed by atoms with van der Waals surface area (Å²) in [6.45, 7) is 6.96. The largest absolute Gasteiger partial charge is 0.399 e. The lowest BCUT2D eigenvalue weighted by molar-refractivity contribution is 0.206. The van der Waals surface area contributed by atoms with Crippen LogP contribution in [0.5, 0.6) is 0 Å². The Kier molecular flexibility index (Phi) is 5.85. The Hall–Kier alpha value is -2.74. The Labute approximate surface area is 160 Å². The number of fused-ring (bicyclic) bond motifs is 1. The number of hydrazine groups is 1. The molecule has 0 spiro atoms. The van der Waals surface area contributed by atoms with Gasteiger partial charge in [-0.3, -0.25) is 15.8 Å². The van der Waals surface area contributed by atoms with Crippen LogP contribution in [0.2, 0.25) is 0 Å². The molecule has 1 aromatic carbocycles. The van der Waals surface area contributed by atoms with Gasteiger partial charge >= 0.3 is 0 Å². The van der Waals surface area contributed by atoms with Crippen molar-refractivity contribution in [1.29, 1.82) is 0 Å². The number of aliphatic hydroxyl groups excluding tert-OH is 1. The molecule has 2 unspecified atom stereocenters. The maximum absolute atomic E-state index is 9.49. The van der Waals surface area contributed by atoms with Gasteiger partial charge in [-0.15, -0.1) is 0 Å². The molecule has 0 aliphatic carbocycles. The molecular formula is C19H29N7O. The molecule has 0 saturated heterocycles. The van der Waals surface area contributed by atoms with Crippen LogP contribution in [0, 0.1) is 5.92 Å².